The summed E-state index contributed by atoms with van der Waals surface area (Å²) in [4.78, 5) is 11.4. The van der Waals surface area contributed by atoms with E-state index in [1.165, 1.54) is 11.9 Å². The van der Waals surface area contributed by atoms with Gasteiger partial charge in [0.1, 0.15) is 0 Å². The van der Waals surface area contributed by atoms with E-state index in [4.69, 9.17) is 0 Å². The fourth-order valence-corrected chi connectivity index (χ4v) is 1.96. The van der Waals surface area contributed by atoms with Gasteiger partial charge in [-0.1, -0.05) is 18.2 Å². The summed E-state index contributed by atoms with van der Waals surface area (Å²) in [5, 5.41) is 0. The Morgan fingerprint density at radius 1 is 1.33 bits per heavy atom. The molecule has 0 radical (unpaired) electrons. The molecule has 1 aliphatic rings. The number of fused-ring (bicyclic) bond motifs is 1. The van der Waals surface area contributed by atoms with E-state index in [0.717, 1.165) is 23.3 Å². The van der Waals surface area contributed by atoms with Crippen LogP contribution in [0.25, 0.3) is 0 Å². The molecule has 0 unspecified atom stereocenters. The number of hydrogen-bond acceptors (Lipinski definition) is 2. The third kappa shape index (κ3) is 1.32. The SMILES string of the molecule is O=C1NSCCc2ccccc21. The maximum Gasteiger partial charge on any atom is 0.261 e. The monoisotopic (exact) mass is 179 g/mol. The molecule has 3 heteroatoms. The van der Waals surface area contributed by atoms with E-state index in [0.29, 0.717) is 0 Å². The van der Waals surface area contributed by atoms with Crippen LogP contribution in [0.5, 0.6) is 0 Å². The van der Waals surface area contributed by atoms with Crippen LogP contribution < -0.4 is 4.72 Å². The second-order valence-corrected chi connectivity index (χ2v) is 3.59. The van der Waals surface area contributed by atoms with Gasteiger partial charge in [0.25, 0.3) is 5.91 Å². The predicted molar refractivity (Wildman–Crippen MR) is 50.1 cm³/mol. The highest BCUT2D eigenvalue weighted by Gasteiger charge is 2.13. The van der Waals surface area contributed by atoms with Crippen molar-refractivity contribution in [3.63, 3.8) is 0 Å². The van der Waals surface area contributed by atoms with Crippen LogP contribution >= 0.6 is 11.9 Å². The van der Waals surface area contributed by atoms with Crippen molar-refractivity contribution < 1.29 is 4.79 Å². The van der Waals surface area contributed by atoms with E-state index < -0.39 is 0 Å². The molecule has 2 rings (SSSR count). The lowest BCUT2D eigenvalue weighted by Gasteiger charge is -2.00. The van der Waals surface area contributed by atoms with Crippen molar-refractivity contribution in [2.24, 2.45) is 0 Å². The third-order valence-corrected chi connectivity index (χ3v) is 2.64. The average molecular weight is 179 g/mol. The fourth-order valence-electron chi connectivity index (χ4n) is 1.29. The molecule has 1 aromatic carbocycles. The Kier molecular flexibility index (Phi) is 2.04. The Morgan fingerprint density at radius 3 is 3.08 bits per heavy atom. The Labute approximate surface area is 75.5 Å². The van der Waals surface area contributed by atoms with E-state index in [1.54, 1.807) is 0 Å². The minimum Gasteiger partial charge on any atom is -0.296 e. The molecule has 0 aromatic heterocycles. The van der Waals surface area contributed by atoms with Gasteiger partial charge in [0.15, 0.2) is 0 Å². The quantitative estimate of drug-likeness (QED) is 0.613. The Morgan fingerprint density at radius 2 is 2.17 bits per heavy atom. The molecule has 1 heterocycles. The predicted octanol–water partition coefficient (Wildman–Crippen LogP) is 1.62. The largest absolute Gasteiger partial charge is 0.296 e. The number of carbonyl (C=O) groups is 1. The molecule has 1 aliphatic heterocycles. The molecule has 0 saturated heterocycles. The summed E-state index contributed by atoms with van der Waals surface area (Å²) >= 11 is 1.48. The van der Waals surface area contributed by atoms with Crippen molar-refractivity contribution in [2.45, 2.75) is 6.42 Å². The van der Waals surface area contributed by atoms with Crippen molar-refractivity contribution in [2.75, 3.05) is 5.75 Å². The van der Waals surface area contributed by atoms with Gasteiger partial charge in [-0.3, -0.25) is 9.52 Å². The van der Waals surface area contributed by atoms with Crippen LogP contribution in [0.3, 0.4) is 0 Å². The molecule has 12 heavy (non-hydrogen) atoms. The highest BCUT2D eigenvalue weighted by Crippen LogP contribution is 2.15. The van der Waals surface area contributed by atoms with Gasteiger partial charge >= 0.3 is 0 Å². The van der Waals surface area contributed by atoms with E-state index in [9.17, 15) is 4.79 Å². The molecule has 0 atom stereocenters. The lowest BCUT2D eigenvalue weighted by Crippen LogP contribution is -2.14. The van der Waals surface area contributed by atoms with Crippen molar-refractivity contribution in [1.29, 1.82) is 0 Å². The normalized spacial score (nSPS) is 16.2. The molecule has 0 saturated carbocycles. The molecule has 0 bridgehead atoms. The zero-order valence-electron chi connectivity index (χ0n) is 6.54. The number of amides is 1. The van der Waals surface area contributed by atoms with Crippen molar-refractivity contribution in [3.05, 3.63) is 35.4 Å². The van der Waals surface area contributed by atoms with E-state index >= 15 is 0 Å². The second-order valence-electron chi connectivity index (χ2n) is 2.69. The number of carbonyl (C=O) groups excluding carboxylic acids is 1. The van der Waals surface area contributed by atoms with Crippen molar-refractivity contribution >= 4 is 17.9 Å². The van der Waals surface area contributed by atoms with Gasteiger partial charge in [0, 0.05) is 11.3 Å². The molecule has 0 aliphatic carbocycles. The number of nitrogens with one attached hydrogen (secondary N) is 1. The molecule has 1 aromatic rings. The lowest BCUT2D eigenvalue weighted by molar-refractivity contribution is 0.0984. The molecule has 0 spiro atoms. The maximum absolute atomic E-state index is 11.4. The van der Waals surface area contributed by atoms with E-state index in [2.05, 4.69) is 4.72 Å². The Hall–Kier alpha value is -0.960. The van der Waals surface area contributed by atoms with Gasteiger partial charge in [-0.2, -0.15) is 0 Å². The molecular weight excluding hydrogens is 170 g/mol. The summed E-state index contributed by atoms with van der Waals surface area (Å²) in [6.07, 6.45) is 0.972. The van der Waals surface area contributed by atoms with E-state index in [-0.39, 0.29) is 5.91 Å². The molecule has 2 nitrogen and oxygen atoms in total. The van der Waals surface area contributed by atoms with Crippen LogP contribution in [0.1, 0.15) is 15.9 Å². The minimum absolute atomic E-state index is 0.0353. The van der Waals surface area contributed by atoms with Gasteiger partial charge in [-0.25, -0.2) is 0 Å². The minimum atomic E-state index is 0.0353. The molecule has 62 valence electrons. The summed E-state index contributed by atoms with van der Waals surface area (Å²) in [5.74, 6) is 0.996. The van der Waals surface area contributed by atoms with Crippen molar-refractivity contribution in [3.8, 4) is 0 Å². The van der Waals surface area contributed by atoms with Gasteiger partial charge in [-0.05, 0) is 30.0 Å². The highest BCUT2D eigenvalue weighted by molar-refractivity contribution is 7.97. The Bertz CT molecular complexity index is 311. The summed E-state index contributed by atoms with van der Waals surface area (Å²) in [6.45, 7) is 0. The number of hydrogen-bond donors (Lipinski definition) is 1. The number of rotatable bonds is 0. The van der Waals surface area contributed by atoms with Gasteiger partial charge in [0.05, 0.1) is 0 Å². The zero-order valence-corrected chi connectivity index (χ0v) is 7.36. The number of aryl methyl sites for hydroxylation is 1. The van der Waals surface area contributed by atoms with Crippen molar-refractivity contribution in [1.82, 2.24) is 4.72 Å². The number of benzene rings is 1. The standard InChI is InChI=1S/C9H9NOS/c11-9-8-4-2-1-3-7(8)5-6-12-10-9/h1-4H,5-6H2,(H,10,11). The first-order valence-electron chi connectivity index (χ1n) is 3.88. The van der Waals surface area contributed by atoms with Crippen LogP contribution in [0.15, 0.2) is 24.3 Å². The first-order chi connectivity index (χ1) is 5.88. The van der Waals surface area contributed by atoms with Gasteiger partial charge in [0.2, 0.25) is 0 Å². The summed E-state index contributed by atoms with van der Waals surface area (Å²) in [5.41, 5.74) is 1.97. The van der Waals surface area contributed by atoms with Crippen LogP contribution in [0.2, 0.25) is 0 Å². The fraction of sp³-hybridized carbons (Fsp3) is 0.222. The molecule has 1 amide bonds. The molecule has 0 fully saturated rings. The first kappa shape index (κ1) is 7.68. The van der Waals surface area contributed by atoms with Gasteiger partial charge in [-0.15, -0.1) is 0 Å². The molecule has 1 N–H and O–H groups in total. The average Bonchev–Trinajstić information content (AvgIpc) is 2.29. The van der Waals surface area contributed by atoms with Crippen LogP contribution in [-0.4, -0.2) is 11.7 Å². The van der Waals surface area contributed by atoms with Crippen LogP contribution in [0.4, 0.5) is 0 Å². The second kappa shape index (κ2) is 3.19. The first-order valence-corrected chi connectivity index (χ1v) is 4.86. The zero-order chi connectivity index (χ0) is 8.39. The topological polar surface area (TPSA) is 29.1 Å². The summed E-state index contributed by atoms with van der Waals surface area (Å²) in [6, 6.07) is 7.76. The lowest BCUT2D eigenvalue weighted by atomic mass is 10.1. The van der Waals surface area contributed by atoms with Crippen LogP contribution in [0, 0.1) is 0 Å². The summed E-state index contributed by atoms with van der Waals surface area (Å²) in [7, 11) is 0. The third-order valence-electron chi connectivity index (χ3n) is 1.90. The Balaban J connectivity index is 2.46. The smallest absolute Gasteiger partial charge is 0.261 e. The van der Waals surface area contributed by atoms with Gasteiger partial charge < -0.3 is 0 Å². The summed E-state index contributed by atoms with van der Waals surface area (Å²) < 4.78 is 2.78. The van der Waals surface area contributed by atoms with Crippen LogP contribution in [-0.2, 0) is 6.42 Å². The van der Waals surface area contributed by atoms with E-state index in [1.807, 2.05) is 24.3 Å². The highest BCUT2D eigenvalue weighted by atomic mass is 32.2. The maximum atomic E-state index is 11.4. The molecular formula is C9H9NOS.